The molecule has 2 aromatic carbocycles. The number of carbonyl (C=O) groups is 4. The highest BCUT2D eigenvalue weighted by Gasteiger charge is 2.49. The van der Waals surface area contributed by atoms with Crippen molar-refractivity contribution in [1.82, 2.24) is 4.90 Å². The maximum absolute atomic E-state index is 13.7. The van der Waals surface area contributed by atoms with E-state index in [0.717, 1.165) is 5.56 Å². The fourth-order valence-corrected chi connectivity index (χ4v) is 3.74. The maximum atomic E-state index is 13.7. The van der Waals surface area contributed by atoms with E-state index in [2.05, 4.69) is 0 Å². The standard InChI is InChI=1S/C25H25N3O5/c26-19-11-13-25(14-12-19,22(31)20(27)15-17-7-3-1-4-8-17)24(33)28(16-21(29)30)23(32)18-9-5-2-6-10-18/h1-13,20H,14-16,26-27H2,(H,29,30)/t20-,25?/m0/s1. The number of carboxylic acids is 1. The molecule has 0 fully saturated rings. The third kappa shape index (κ3) is 5.24. The van der Waals surface area contributed by atoms with Gasteiger partial charge in [0.2, 0.25) is 5.91 Å². The van der Waals surface area contributed by atoms with E-state index in [1.54, 1.807) is 18.2 Å². The van der Waals surface area contributed by atoms with Crippen LogP contribution in [0, 0.1) is 5.41 Å². The summed E-state index contributed by atoms with van der Waals surface area (Å²) in [4.78, 5) is 52.5. The van der Waals surface area contributed by atoms with Gasteiger partial charge in [-0.15, -0.1) is 0 Å². The van der Waals surface area contributed by atoms with Crippen molar-refractivity contribution in [2.45, 2.75) is 18.9 Å². The Labute approximate surface area is 191 Å². The van der Waals surface area contributed by atoms with Crippen LogP contribution in [0.4, 0.5) is 0 Å². The number of Topliss-reactive ketones (excluding diaryl/α,β-unsaturated/α-hetero) is 1. The van der Waals surface area contributed by atoms with Crippen LogP contribution in [-0.4, -0.2) is 46.2 Å². The molecule has 0 heterocycles. The van der Waals surface area contributed by atoms with Gasteiger partial charge in [0.1, 0.15) is 12.0 Å². The van der Waals surface area contributed by atoms with E-state index in [9.17, 15) is 24.3 Å². The average Bonchev–Trinajstić information content (AvgIpc) is 2.83. The molecule has 2 aromatic rings. The normalized spacial score (nSPS) is 18.2. The smallest absolute Gasteiger partial charge is 0.323 e. The van der Waals surface area contributed by atoms with Crippen LogP contribution in [0.2, 0.25) is 0 Å². The minimum Gasteiger partial charge on any atom is -0.480 e. The molecule has 0 saturated carbocycles. The number of carboxylic acid groups (broad SMARTS) is 1. The summed E-state index contributed by atoms with van der Waals surface area (Å²) in [6, 6.07) is 15.8. The Kier molecular flexibility index (Phi) is 7.20. The summed E-state index contributed by atoms with van der Waals surface area (Å²) in [5, 5.41) is 9.39. The van der Waals surface area contributed by atoms with Gasteiger partial charge in [0.25, 0.3) is 5.91 Å². The number of hydrogen-bond acceptors (Lipinski definition) is 6. The van der Waals surface area contributed by atoms with Gasteiger partial charge in [-0.1, -0.05) is 60.7 Å². The molecule has 1 aliphatic rings. The summed E-state index contributed by atoms with van der Waals surface area (Å²) in [5.74, 6) is -3.78. The molecule has 33 heavy (non-hydrogen) atoms. The monoisotopic (exact) mass is 447 g/mol. The van der Waals surface area contributed by atoms with Crippen molar-refractivity contribution in [2.24, 2.45) is 16.9 Å². The second kappa shape index (κ2) is 10.1. The summed E-state index contributed by atoms with van der Waals surface area (Å²) >= 11 is 0. The Morgan fingerprint density at radius 1 is 1.00 bits per heavy atom. The van der Waals surface area contributed by atoms with Crippen LogP contribution in [0.5, 0.6) is 0 Å². The number of nitrogens with zero attached hydrogens (tertiary/aromatic N) is 1. The van der Waals surface area contributed by atoms with Gasteiger partial charge >= 0.3 is 5.97 Å². The van der Waals surface area contributed by atoms with Crippen LogP contribution < -0.4 is 11.5 Å². The first kappa shape index (κ1) is 23.6. The average molecular weight is 447 g/mol. The van der Waals surface area contributed by atoms with Crippen molar-refractivity contribution in [3.05, 3.63) is 95.7 Å². The van der Waals surface area contributed by atoms with E-state index in [-0.39, 0.29) is 18.4 Å². The van der Waals surface area contributed by atoms with E-state index in [1.165, 1.54) is 30.4 Å². The van der Waals surface area contributed by atoms with Crippen molar-refractivity contribution in [3.63, 3.8) is 0 Å². The number of carbonyl (C=O) groups excluding carboxylic acids is 3. The Balaban J connectivity index is 1.99. The summed E-state index contributed by atoms with van der Waals surface area (Å²) < 4.78 is 0. The van der Waals surface area contributed by atoms with E-state index < -0.39 is 41.6 Å². The van der Waals surface area contributed by atoms with Gasteiger partial charge in [-0.2, -0.15) is 0 Å². The maximum Gasteiger partial charge on any atom is 0.323 e. The SMILES string of the molecule is NC1=CCC(C(=O)[C@@H](N)Cc2ccccc2)(C(=O)N(CC(=O)O)C(=O)c2ccccc2)C=C1. The first-order valence-electron chi connectivity index (χ1n) is 10.4. The minimum atomic E-state index is -1.85. The van der Waals surface area contributed by atoms with Crippen LogP contribution in [0.25, 0.3) is 0 Å². The minimum absolute atomic E-state index is 0.123. The summed E-state index contributed by atoms with van der Waals surface area (Å²) in [6.07, 6.45) is 4.27. The molecular weight excluding hydrogens is 422 g/mol. The van der Waals surface area contributed by atoms with Gasteiger partial charge in [-0.3, -0.25) is 24.1 Å². The predicted octanol–water partition coefficient (Wildman–Crippen LogP) is 1.67. The first-order valence-corrected chi connectivity index (χ1v) is 10.4. The number of allylic oxidation sites excluding steroid dienone is 2. The fourth-order valence-electron chi connectivity index (χ4n) is 3.74. The lowest BCUT2D eigenvalue weighted by molar-refractivity contribution is -0.150. The number of nitrogens with two attached hydrogens (primary N) is 2. The lowest BCUT2D eigenvalue weighted by Gasteiger charge is -2.35. The van der Waals surface area contributed by atoms with Crippen molar-refractivity contribution in [2.75, 3.05) is 6.54 Å². The molecule has 170 valence electrons. The lowest BCUT2D eigenvalue weighted by Crippen LogP contribution is -2.56. The zero-order valence-corrected chi connectivity index (χ0v) is 17.9. The number of rotatable bonds is 8. The molecule has 0 spiro atoms. The fraction of sp³-hybridized carbons (Fsp3) is 0.200. The molecule has 3 rings (SSSR count). The molecule has 1 aliphatic carbocycles. The van der Waals surface area contributed by atoms with E-state index in [0.29, 0.717) is 10.6 Å². The van der Waals surface area contributed by atoms with Crippen LogP contribution >= 0.6 is 0 Å². The first-order chi connectivity index (χ1) is 15.7. The Morgan fingerprint density at radius 2 is 1.61 bits per heavy atom. The Hall–Kier alpha value is -4.04. The lowest BCUT2D eigenvalue weighted by atomic mass is 9.72. The Morgan fingerprint density at radius 3 is 2.15 bits per heavy atom. The third-order valence-electron chi connectivity index (χ3n) is 5.48. The van der Waals surface area contributed by atoms with E-state index in [4.69, 9.17) is 11.5 Å². The largest absolute Gasteiger partial charge is 0.480 e. The van der Waals surface area contributed by atoms with Crippen LogP contribution in [0.1, 0.15) is 22.3 Å². The van der Waals surface area contributed by atoms with Crippen LogP contribution in [0.15, 0.2) is 84.6 Å². The summed E-state index contributed by atoms with van der Waals surface area (Å²) in [6.45, 7) is -0.900. The zero-order valence-electron chi connectivity index (χ0n) is 17.9. The Bertz CT molecular complexity index is 1110. The highest BCUT2D eigenvalue weighted by Crippen LogP contribution is 2.34. The molecule has 0 aliphatic heterocycles. The molecule has 8 heteroatoms. The van der Waals surface area contributed by atoms with Gasteiger partial charge in [0.15, 0.2) is 5.78 Å². The molecule has 8 nitrogen and oxygen atoms in total. The molecule has 1 unspecified atom stereocenters. The molecule has 0 aromatic heterocycles. The van der Waals surface area contributed by atoms with Gasteiger partial charge in [0.05, 0.1) is 6.04 Å². The number of amides is 2. The van der Waals surface area contributed by atoms with Crippen molar-refractivity contribution in [1.29, 1.82) is 0 Å². The number of hydrogen-bond donors (Lipinski definition) is 3. The quantitative estimate of drug-likeness (QED) is 0.412. The number of imide groups is 1. The van der Waals surface area contributed by atoms with Crippen molar-refractivity contribution in [3.8, 4) is 0 Å². The van der Waals surface area contributed by atoms with Gasteiger partial charge in [0, 0.05) is 11.3 Å². The second-order valence-electron chi connectivity index (χ2n) is 7.83. The second-order valence-corrected chi connectivity index (χ2v) is 7.83. The van der Waals surface area contributed by atoms with Crippen molar-refractivity contribution >= 4 is 23.6 Å². The van der Waals surface area contributed by atoms with E-state index >= 15 is 0 Å². The highest BCUT2D eigenvalue weighted by atomic mass is 16.4. The third-order valence-corrected chi connectivity index (χ3v) is 5.48. The van der Waals surface area contributed by atoms with Crippen LogP contribution in [-0.2, 0) is 20.8 Å². The molecule has 0 saturated heterocycles. The summed E-state index contributed by atoms with van der Waals surface area (Å²) in [5.41, 5.74) is 11.5. The van der Waals surface area contributed by atoms with Crippen LogP contribution in [0.3, 0.4) is 0 Å². The number of ketones is 1. The molecule has 5 N–H and O–H groups in total. The molecule has 2 amide bonds. The predicted molar refractivity (Wildman–Crippen MR) is 122 cm³/mol. The zero-order chi connectivity index (χ0) is 24.0. The van der Waals surface area contributed by atoms with Gasteiger partial charge in [-0.25, -0.2) is 0 Å². The highest BCUT2D eigenvalue weighted by molar-refractivity contribution is 6.17. The molecule has 0 radical (unpaired) electrons. The van der Waals surface area contributed by atoms with Gasteiger partial charge < -0.3 is 16.6 Å². The number of benzene rings is 2. The number of aliphatic carboxylic acids is 1. The van der Waals surface area contributed by atoms with E-state index in [1.807, 2.05) is 30.3 Å². The topological polar surface area (TPSA) is 144 Å². The van der Waals surface area contributed by atoms with Gasteiger partial charge in [-0.05, 0) is 36.6 Å². The molecule has 2 atom stereocenters. The summed E-state index contributed by atoms with van der Waals surface area (Å²) in [7, 11) is 0. The molecule has 0 bridgehead atoms. The molecular formula is C25H25N3O5. The van der Waals surface area contributed by atoms with Crippen molar-refractivity contribution < 1.29 is 24.3 Å².